The molecule has 0 aromatic rings. The summed E-state index contributed by atoms with van der Waals surface area (Å²) < 4.78 is 11.4. The molecule has 4 amide bonds. The Balaban J connectivity index is 3.04. The largest absolute Gasteiger partial charge is 0.379 e. The van der Waals surface area contributed by atoms with Crippen LogP contribution < -0.4 is 16.4 Å². The first-order valence-corrected chi connectivity index (χ1v) is 13.1. The van der Waals surface area contributed by atoms with E-state index in [2.05, 4.69) is 10.6 Å². The van der Waals surface area contributed by atoms with Crippen LogP contribution in [-0.2, 0) is 28.7 Å². The molecule has 37 heavy (non-hydrogen) atoms. The van der Waals surface area contributed by atoms with E-state index in [0.717, 1.165) is 19.3 Å². The molecule has 1 aliphatic rings. The molecule has 0 aromatic carbocycles. The molecular formula is C26H49N5O6. The summed E-state index contributed by atoms with van der Waals surface area (Å²) >= 11 is 0. The van der Waals surface area contributed by atoms with E-state index >= 15 is 0 Å². The topological polar surface area (TPSA) is 143 Å². The Morgan fingerprint density at radius 1 is 1.16 bits per heavy atom. The van der Waals surface area contributed by atoms with Gasteiger partial charge in [0.15, 0.2) is 0 Å². The summed E-state index contributed by atoms with van der Waals surface area (Å²) in [5.74, 6) is -1.65. The van der Waals surface area contributed by atoms with Crippen molar-refractivity contribution in [2.75, 3.05) is 41.4 Å². The summed E-state index contributed by atoms with van der Waals surface area (Å²) in [6, 6.07) is -0.644. The van der Waals surface area contributed by atoms with Crippen molar-refractivity contribution in [3.63, 3.8) is 0 Å². The number of ether oxygens (including phenoxy) is 2. The van der Waals surface area contributed by atoms with Gasteiger partial charge in [-0.15, -0.1) is 0 Å². The van der Waals surface area contributed by atoms with E-state index in [1.54, 1.807) is 44.7 Å². The maximum Gasteiger partial charge on any atom is 0.242 e. The zero-order chi connectivity index (χ0) is 28.5. The number of hydrogen-bond donors (Lipinski definition) is 3. The van der Waals surface area contributed by atoms with Gasteiger partial charge in [-0.2, -0.15) is 0 Å². The van der Waals surface area contributed by atoms with Crippen molar-refractivity contribution in [2.24, 2.45) is 17.6 Å². The number of rotatable bonds is 15. The van der Waals surface area contributed by atoms with Crippen LogP contribution in [0.3, 0.4) is 0 Å². The van der Waals surface area contributed by atoms with E-state index in [-0.39, 0.29) is 48.7 Å². The van der Waals surface area contributed by atoms with Gasteiger partial charge >= 0.3 is 0 Å². The molecule has 0 saturated carbocycles. The molecule has 0 spiro atoms. The van der Waals surface area contributed by atoms with Crippen molar-refractivity contribution in [3.05, 3.63) is 0 Å². The standard InChI is InChI=1S/C26H49N5O6/c1-10-16(2)22(30(7)21(33)15-29-25(35)26(4,5)28-6)19(36-8)14-20(32)31-13-11-12-18(31)23(37-9)17(3)24(27)34/h16-19,22-23,28H,10-15H2,1-9H3,(H2,27,34)(H,29,35). The fraction of sp³-hybridized carbons (Fsp3) is 0.846. The van der Waals surface area contributed by atoms with Crippen LogP contribution in [0.5, 0.6) is 0 Å². The van der Waals surface area contributed by atoms with Crippen molar-refractivity contribution in [2.45, 2.75) is 90.1 Å². The fourth-order valence-corrected chi connectivity index (χ4v) is 4.95. The van der Waals surface area contributed by atoms with E-state index in [1.165, 1.54) is 14.2 Å². The lowest BCUT2D eigenvalue weighted by molar-refractivity contribution is -0.145. The SMILES string of the molecule is CCC(C)C(C(CC(=O)N1CCCC1C(OC)C(C)C(N)=O)OC)N(C)C(=O)CNC(=O)C(C)(C)NC. The van der Waals surface area contributed by atoms with Crippen molar-refractivity contribution >= 4 is 23.6 Å². The Labute approximate surface area is 222 Å². The summed E-state index contributed by atoms with van der Waals surface area (Å²) in [4.78, 5) is 54.2. The molecular weight excluding hydrogens is 478 g/mol. The zero-order valence-corrected chi connectivity index (χ0v) is 24.1. The molecule has 11 heteroatoms. The molecule has 1 rings (SSSR count). The lowest BCUT2D eigenvalue weighted by Crippen LogP contribution is -2.56. The molecule has 1 aliphatic heterocycles. The maximum atomic E-state index is 13.5. The third-order valence-corrected chi connectivity index (χ3v) is 7.93. The Bertz CT molecular complexity index is 791. The van der Waals surface area contributed by atoms with Crippen LogP contribution in [-0.4, -0.2) is 105 Å². The highest BCUT2D eigenvalue weighted by Crippen LogP contribution is 2.29. The minimum absolute atomic E-state index is 0.0344. The number of carbonyl (C=O) groups is 4. The number of amides is 4. The van der Waals surface area contributed by atoms with Gasteiger partial charge in [0.1, 0.15) is 0 Å². The number of methoxy groups -OCH3 is 2. The minimum atomic E-state index is -0.811. The van der Waals surface area contributed by atoms with Crippen LogP contribution in [0.1, 0.15) is 60.3 Å². The van der Waals surface area contributed by atoms with Gasteiger partial charge < -0.3 is 35.6 Å². The maximum absolute atomic E-state index is 13.5. The molecule has 6 atom stereocenters. The second kappa shape index (κ2) is 14.6. The number of nitrogens with one attached hydrogen (secondary N) is 2. The van der Waals surface area contributed by atoms with Gasteiger partial charge in [0.2, 0.25) is 23.6 Å². The normalized spacial score (nSPS) is 20.0. The van der Waals surface area contributed by atoms with Gasteiger partial charge in [-0.25, -0.2) is 0 Å². The summed E-state index contributed by atoms with van der Waals surface area (Å²) in [7, 11) is 6.43. The number of carbonyl (C=O) groups excluding carboxylic acids is 4. The van der Waals surface area contributed by atoms with E-state index in [1.807, 2.05) is 13.8 Å². The van der Waals surface area contributed by atoms with E-state index in [9.17, 15) is 19.2 Å². The molecule has 4 N–H and O–H groups in total. The zero-order valence-electron chi connectivity index (χ0n) is 24.1. The Kier molecular flexibility index (Phi) is 13.0. The van der Waals surface area contributed by atoms with Gasteiger partial charge in [-0.3, -0.25) is 19.2 Å². The predicted octanol–water partition coefficient (Wildman–Crippen LogP) is 0.506. The third kappa shape index (κ3) is 8.38. The molecule has 1 saturated heterocycles. The van der Waals surface area contributed by atoms with Gasteiger partial charge in [0, 0.05) is 27.8 Å². The molecule has 1 fully saturated rings. The Hall–Kier alpha value is -2.24. The monoisotopic (exact) mass is 527 g/mol. The van der Waals surface area contributed by atoms with E-state index in [4.69, 9.17) is 15.2 Å². The number of nitrogens with zero attached hydrogens (tertiary/aromatic N) is 2. The van der Waals surface area contributed by atoms with Crippen molar-refractivity contribution in [1.82, 2.24) is 20.4 Å². The summed E-state index contributed by atoms with van der Waals surface area (Å²) in [6.45, 7) is 9.61. The predicted molar refractivity (Wildman–Crippen MR) is 141 cm³/mol. The lowest BCUT2D eigenvalue weighted by atomic mass is 9.90. The summed E-state index contributed by atoms with van der Waals surface area (Å²) in [5, 5.41) is 5.61. The van der Waals surface area contributed by atoms with Crippen molar-refractivity contribution < 1.29 is 28.7 Å². The molecule has 214 valence electrons. The molecule has 0 bridgehead atoms. The quantitative estimate of drug-likeness (QED) is 0.281. The van der Waals surface area contributed by atoms with Gasteiger partial charge in [0.05, 0.1) is 48.7 Å². The smallest absolute Gasteiger partial charge is 0.242 e. The Morgan fingerprint density at radius 3 is 2.27 bits per heavy atom. The Morgan fingerprint density at radius 2 is 1.78 bits per heavy atom. The second-order valence-electron chi connectivity index (χ2n) is 10.6. The van der Waals surface area contributed by atoms with Crippen LogP contribution in [0.4, 0.5) is 0 Å². The first kappa shape index (κ1) is 32.8. The van der Waals surface area contributed by atoms with Crippen molar-refractivity contribution in [3.8, 4) is 0 Å². The molecule has 1 heterocycles. The highest BCUT2D eigenvalue weighted by molar-refractivity contribution is 5.89. The molecule has 6 unspecified atom stereocenters. The molecule has 0 radical (unpaired) electrons. The average molecular weight is 528 g/mol. The van der Waals surface area contributed by atoms with Crippen LogP contribution in [0.2, 0.25) is 0 Å². The summed E-state index contributed by atoms with van der Waals surface area (Å²) in [5.41, 5.74) is 4.71. The van der Waals surface area contributed by atoms with Crippen LogP contribution in [0.15, 0.2) is 0 Å². The fourth-order valence-electron chi connectivity index (χ4n) is 4.95. The highest BCUT2D eigenvalue weighted by atomic mass is 16.5. The molecule has 0 aromatic heterocycles. The molecule has 0 aliphatic carbocycles. The minimum Gasteiger partial charge on any atom is -0.379 e. The molecule has 11 nitrogen and oxygen atoms in total. The number of nitrogens with two attached hydrogens (primary N) is 1. The highest BCUT2D eigenvalue weighted by Gasteiger charge is 2.41. The lowest BCUT2D eigenvalue weighted by Gasteiger charge is -2.39. The second-order valence-corrected chi connectivity index (χ2v) is 10.6. The van der Waals surface area contributed by atoms with Crippen LogP contribution in [0.25, 0.3) is 0 Å². The van der Waals surface area contributed by atoms with E-state index < -0.39 is 29.6 Å². The number of hydrogen-bond acceptors (Lipinski definition) is 7. The average Bonchev–Trinajstić information content (AvgIpc) is 3.35. The summed E-state index contributed by atoms with van der Waals surface area (Å²) in [6.07, 6.45) is 1.30. The number of primary amides is 1. The van der Waals surface area contributed by atoms with Gasteiger partial charge in [-0.1, -0.05) is 27.2 Å². The van der Waals surface area contributed by atoms with E-state index in [0.29, 0.717) is 6.54 Å². The first-order valence-electron chi connectivity index (χ1n) is 13.1. The third-order valence-electron chi connectivity index (χ3n) is 7.93. The van der Waals surface area contributed by atoms with Crippen molar-refractivity contribution in [1.29, 1.82) is 0 Å². The van der Waals surface area contributed by atoms with Crippen LogP contribution >= 0.6 is 0 Å². The van der Waals surface area contributed by atoms with Gasteiger partial charge in [0.25, 0.3) is 0 Å². The number of likely N-dealkylation sites (N-methyl/N-ethyl adjacent to an activating group) is 2. The van der Waals surface area contributed by atoms with Crippen LogP contribution in [0, 0.1) is 11.8 Å². The first-order chi connectivity index (χ1) is 17.3. The number of likely N-dealkylation sites (tertiary alicyclic amines) is 1. The van der Waals surface area contributed by atoms with Gasteiger partial charge in [-0.05, 0) is 39.7 Å².